The van der Waals surface area contributed by atoms with Crippen molar-refractivity contribution in [2.45, 2.75) is 39.2 Å². The first-order chi connectivity index (χ1) is 6.77. The summed E-state index contributed by atoms with van der Waals surface area (Å²) < 4.78 is 0. The molecular weight excluding hydrogens is 182 g/mol. The average Bonchev–Trinajstić information content (AvgIpc) is 2.69. The average molecular weight is 197 g/mol. The van der Waals surface area contributed by atoms with Crippen LogP contribution in [-0.4, -0.2) is 32.6 Å². The van der Waals surface area contributed by atoms with Gasteiger partial charge in [-0.15, -0.1) is 10.2 Å². The molecule has 78 valence electrons. The van der Waals surface area contributed by atoms with E-state index >= 15 is 0 Å². The molecule has 0 aliphatic carbocycles. The van der Waals surface area contributed by atoms with Crippen LogP contribution >= 0.6 is 0 Å². The maximum absolute atomic E-state index is 11.5. The van der Waals surface area contributed by atoms with Crippen molar-refractivity contribution in [1.29, 1.82) is 0 Å². The SMILES string of the molecule is CCCC(CC)NC(=O)c1nn[nH]n1. The minimum Gasteiger partial charge on any atom is -0.346 e. The third kappa shape index (κ3) is 2.79. The smallest absolute Gasteiger partial charge is 0.293 e. The fourth-order valence-electron chi connectivity index (χ4n) is 1.23. The lowest BCUT2D eigenvalue weighted by molar-refractivity contribution is 0.0923. The Morgan fingerprint density at radius 2 is 2.36 bits per heavy atom. The third-order valence-electron chi connectivity index (χ3n) is 2.01. The Balaban J connectivity index is 2.47. The molecule has 1 heterocycles. The van der Waals surface area contributed by atoms with E-state index in [9.17, 15) is 4.79 Å². The largest absolute Gasteiger partial charge is 0.346 e. The molecule has 1 aromatic heterocycles. The summed E-state index contributed by atoms with van der Waals surface area (Å²) in [5, 5.41) is 15.6. The van der Waals surface area contributed by atoms with Crippen molar-refractivity contribution < 1.29 is 4.79 Å². The molecule has 0 fully saturated rings. The molecule has 14 heavy (non-hydrogen) atoms. The Labute approximate surface area is 82.5 Å². The van der Waals surface area contributed by atoms with Gasteiger partial charge in [0.2, 0.25) is 0 Å². The van der Waals surface area contributed by atoms with Gasteiger partial charge in [-0.2, -0.15) is 5.21 Å². The number of aromatic nitrogens is 4. The molecule has 1 unspecified atom stereocenters. The van der Waals surface area contributed by atoms with Gasteiger partial charge in [0.05, 0.1) is 0 Å². The van der Waals surface area contributed by atoms with Gasteiger partial charge in [-0.25, -0.2) is 0 Å². The second-order valence-corrected chi connectivity index (χ2v) is 3.10. The molecule has 1 amide bonds. The number of rotatable bonds is 5. The summed E-state index contributed by atoms with van der Waals surface area (Å²) in [6, 6.07) is 0.200. The lowest BCUT2D eigenvalue weighted by Crippen LogP contribution is -2.34. The summed E-state index contributed by atoms with van der Waals surface area (Å²) in [6.07, 6.45) is 2.93. The van der Waals surface area contributed by atoms with Gasteiger partial charge < -0.3 is 5.32 Å². The molecule has 0 aromatic carbocycles. The lowest BCUT2D eigenvalue weighted by atomic mass is 10.1. The van der Waals surface area contributed by atoms with Crippen LogP contribution in [0, 0.1) is 0 Å². The van der Waals surface area contributed by atoms with E-state index in [1.54, 1.807) is 0 Å². The van der Waals surface area contributed by atoms with Crippen molar-refractivity contribution >= 4 is 5.91 Å². The highest BCUT2D eigenvalue weighted by molar-refractivity contribution is 5.90. The molecule has 0 saturated carbocycles. The highest BCUT2D eigenvalue weighted by atomic mass is 16.2. The van der Waals surface area contributed by atoms with Crippen LogP contribution in [0.2, 0.25) is 0 Å². The number of carbonyl (C=O) groups is 1. The van der Waals surface area contributed by atoms with Crippen LogP contribution in [0.5, 0.6) is 0 Å². The topological polar surface area (TPSA) is 83.6 Å². The Kier molecular flexibility index (Phi) is 4.03. The molecule has 0 aliphatic heterocycles. The van der Waals surface area contributed by atoms with E-state index in [-0.39, 0.29) is 17.8 Å². The van der Waals surface area contributed by atoms with E-state index in [1.807, 2.05) is 6.92 Å². The second kappa shape index (κ2) is 5.31. The first-order valence-electron chi connectivity index (χ1n) is 4.82. The van der Waals surface area contributed by atoms with Crippen molar-refractivity contribution in [2.75, 3.05) is 0 Å². The highest BCUT2D eigenvalue weighted by Crippen LogP contribution is 2.01. The van der Waals surface area contributed by atoms with E-state index in [0.29, 0.717) is 0 Å². The summed E-state index contributed by atoms with van der Waals surface area (Å²) in [5.74, 6) is -0.168. The summed E-state index contributed by atoms with van der Waals surface area (Å²) >= 11 is 0. The second-order valence-electron chi connectivity index (χ2n) is 3.10. The zero-order valence-corrected chi connectivity index (χ0v) is 8.45. The molecule has 0 aliphatic rings. The zero-order chi connectivity index (χ0) is 10.4. The van der Waals surface area contributed by atoms with Crippen LogP contribution in [0.15, 0.2) is 0 Å². The lowest BCUT2D eigenvalue weighted by Gasteiger charge is -2.14. The number of amides is 1. The maximum atomic E-state index is 11.5. The molecular formula is C8H15N5O. The minimum atomic E-state index is -0.265. The van der Waals surface area contributed by atoms with E-state index in [1.165, 1.54) is 0 Å². The van der Waals surface area contributed by atoms with Gasteiger partial charge in [0.15, 0.2) is 0 Å². The molecule has 0 radical (unpaired) electrons. The van der Waals surface area contributed by atoms with Gasteiger partial charge >= 0.3 is 0 Å². The Morgan fingerprint density at radius 3 is 2.86 bits per heavy atom. The predicted octanol–water partition coefficient (Wildman–Crippen LogP) is 0.508. The predicted molar refractivity (Wildman–Crippen MR) is 50.6 cm³/mol. The van der Waals surface area contributed by atoms with E-state index in [0.717, 1.165) is 19.3 Å². The van der Waals surface area contributed by atoms with E-state index < -0.39 is 0 Å². The fourth-order valence-corrected chi connectivity index (χ4v) is 1.23. The summed E-state index contributed by atoms with van der Waals surface area (Å²) in [6.45, 7) is 4.12. The molecule has 2 N–H and O–H groups in total. The normalized spacial score (nSPS) is 12.4. The minimum absolute atomic E-state index is 0.0968. The van der Waals surface area contributed by atoms with Crippen molar-refractivity contribution in [3.63, 3.8) is 0 Å². The van der Waals surface area contributed by atoms with Crippen LogP contribution in [0.3, 0.4) is 0 Å². The summed E-state index contributed by atoms with van der Waals surface area (Å²) in [4.78, 5) is 11.5. The molecule has 6 heteroatoms. The van der Waals surface area contributed by atoms with Crippen molar-refractivity contribution in [1.82, 2.24) is 25.9 Å². The Bertz CT molecular complexity index is 271. The van der Waals surface area contributed by atoms with Crippen molar-refractivity contribution in [3.05, 3.63) is 5.82 Å². The van der Waals surface area contributed by atoms with Gasteiger partial charge in [-0.3, -0.25) is 4.79 Å². The maximum Gasteiger partial charge on any atom is 0.293 e. The van der Waals surface area contributed by atoms with Gasteiger partial charge in [0.25, 0.3) is 11.7 Å². The van der Waals surface area contributed by atoms with Gasteiger partial charge in [0, 0.05) is 6.04 Å². The molecule has 1 rings (SSSR count). The summed E-state index contributed by atoms with van der Waals surface area (Å²) in [7, 11) is 0. The molecule has 1 aromatic rings. The van der Waals surface area contributed by atoms with E-state index in [2.05, 4.69) is 32.9 Å². The number of tetrazole rings is 1. The van der Waals surface area contributed by atoms with Crippen LogP contribution in [0.25, 0.3) is 0 Å². The molecule has 1 atom stereocenters. The molecule has 0 bridgehead atoms. The third-order valence-corrected chi connectivity index (χ3v) is 2.01. The van der Waals surface area contributed by atoms with Crippen LogP contribution in [-0.2, 0) is 0 Å². The number of hydrogen-bond acceptors (Lipinski definition) is 4. The van der Waals surface area contributed by atoms with Crippen molar-refractivity contribution in [2.24, 2.45) is 0 Å². The number of aromatic amines is 1. The quantitative estimate of drug-likeness (QED) is 0.720. The Morgan fingerprint density at radius 1 is 1.57 bits per heavy atom. The van der Waals surface area contributed by atoms with Gasteiger partial charge in [0.1, 0.15) is 0 Å². The van der Waals surface area contributed by atoms with Crippen LogP contribution in [0.4, 0.5) is 0 Å². The van der Waals surface area contributed by atoms with Crippen LogP contribution in [0.1, 0.15) is 43.7 Å². The first kappa shape index (κ1) is 10.6. The highest BCUT2D eigenvalue weighted by Gasteiger charge is 2.14. The first-order valence-corrected chi connectivity index (χ1v) is 4.82. The molecule has 0 spiro atoms. The van der Waals surface area contributed by atoms with Gasteiger partial charge in [-0.1, -0.05) is 20.3 Å². The molecule has 0 saturated heterocycles. The van der Waals surface area contributed by atoms with E-state index in [4.69, 9.17) is 0 Å². The summed E-state index contributed by atoms with van der Waals surface area (Å²) in [5.41, 5.74) is 0. The zero-order valence-electron chi connectivity index (χ0n) is 8.45. The molecule has 6 nitrogen and oxygen atoms in total. The number of nitrogens with one attached hydrogen (secondary N) is 2. The number of H-pyrrole nitrogens is 1. The van der Waals surface area contributed by atoms with Crippen molar-refractivity contribution in [3.8, 4) is 0 Å². The number of carbonyl (C=O) groups excluding carboxylic acids is 1. The van der Waals surface area contributed by atoms with Gasteiger partial charge in [-0.05, 0) is 18.1 Å². The monoisotopic (exact) mass is 197 g/mol. The van der Waals surface area contributed by atoms with Crippen LogP contribution < -0.4 is 5.32 Å². The number of hydrogen-bond donors (Lipinski definition) is 2. The Hall–Kier alpha value is -1.46. The standard InChI is InChI=1S/C8H15N5O/c1-3-5-6(4-2)9-8(14)7-10-12-13-11-7/h6H,3-5H2,1-2H3,(H,9,14)(H,10,11,12,13). The fraction of sp³-hybridized carbons (Fsp3) is 0.750. The number of nitrogens with zero attached hydrogens (tertiary/aromatic N) is 3.